The van der Waals surface area contributed by atoms with Crippen LogP contribution in [0.2, 0.25) is 0 Å². The Morgan fingerprint density at radius 1 is 1.16 bits per heavy atom. The Kier molecular flexibility index (Phi) is 8.96. The monoisotopic (exact) mass is 548 g/mol. The first-order valence-electron chi connectivity index (χ1n) is 9.51. The van der Waals surface area contributed by atoms with Crippen LogP contribution < -0.4 is 20.7 Å². The number of carbonyl (C=O) groups is 1. The number of benzene rings is 2. The van der Waals surface area contributed by atoms with E-state index in [2.05, 4.69) is 20.9 Å². The number of ether oxygens (including phenoxy) is 1. The van der Waals surface area contributed by atoms with E-state index in [-0.39, 0.29) is 36.4 Å². The van der Waals surface area contributed by atoms with E-state index in [1.54, 1.807) is 19.2 Å². The predicted octanol–water partition coefficient (Wildman–Crippen LogP) is 3.95. The third-order valence-electron chi connectivity index (χ3n) is 4.57. The lowest BCUT2D eigenvalue weighted by Crippen LogP contribution is -2.38. The molecule has 1 aliphatic heterocycles. The van der Waals surface area contributed by atoms with Crippen LogP contribution in [0.1, 0.15) is 23.1 Å². The minimum atomic E-state index is -4.37. The zero-order valence-corrected chi connectivity index (χ0v) is 19.2. The van der Waals surface area contributed by atoms with Crippen LogP contribution >= 0.6 is 24.0 Å². The van der Waals surface area contributed by atoms with Gasteiger partial charge in [0.2, 0.25) is 5.91 Å². The molecule has 0 radical (unpaired) electrons. The maximum Gasteiger partial charge on any atom is 0.416 e. The smallest absolute Gasteiger partial charge is 0.416 e. The zero-order valence-electron chi connectivity index (χ0n) is 16.9. The van der Waals surface area contributed by atoms with Crippen LogP contribution in [0.5, 0.6) is 5.75 Å². The number of anilines is 1. The number of rotatable bonds is 6. The van der Waals surface area contributed by atoms with Gasteiger partial charge >= 0.3 is 6.18 Å². The van der Waals surface area contributed by atoms with Gasteiger partial charge in [0.25, 0.3) is 0 Å². The molecule has 0 spiro atoms. The summed E-state index contributed by atoms with van der Waals surface area (Å²) in [4.78, 5) is 15.5. The van der Waals surface area contributed by atoms with Crippen molar-refractivity contribution in [3.63, 3.8) is 0 Å². The second-order valence-electron chi connectivity index (χ2n) is 6.77. The van der Waals surface area contributed by atoms with Gasteiger partial charge < -0.3 is 20.7 Å². The summed E-state index contributed by atoms with van der Waals surface area (Å²) in [6.07, 6.45) is -3.22. The number of aliphatic imine (C=N–C) groups is 1. The summed E-state index contributed by atoms with van der Waals surface area (Å²) >= 11 is 0. The fraction of sp³-hybridized carbons (Fsp3) is 0.333. The number of carbonyl (C=O) groups excluding carboxylic acids is 1. The maximum atomic E-state index is 12.8. The van der Waals surface area contributed by atoms with E-state index in [1.807, 2.05) is 12.1 Å². The highest BCUT2D eigenvalue weighted by Gasteiger charge is 2.30. The average molecular weight is 548 g/mol. The fourth-order valence-electron chi connectivity index (χ4n) is 3.05. The summed E-state index contributed by atoms with van der Waals surface area (Å²) in [5.41, 5.74) is 1.68. The average Bonchev–Trinajstić information content (AvgIpc) is 2.73. The molecule has 31 heavy (non-hydrogen) atoms. The van der Waals surface area contributed by atoms with Crippen molar-refractivity contribution in [3.8, 4) is 5.75 Å². The Morgan fingerprint density at radius 3 is 2.71 bits per heavy atom. The van der Waals surface area contributed by atoms with Gasteiger partial charge in [-0.15, -0.1) is 24.0 Å². The molecule has 10 heteroatoms. The molecule has 6 nitrogen and oxygen atoms in total. The third-order valence-corrected chi connectivity index (χ3v) is 4.57. The fourth-order valence-corrected chi connectivity index (χ4v) is 3.05. The van der Waals surface area contributed by atoms with Gasteiger partial charge in [-0.05, 0) is 47.9 Å². The minimum absolute atomic E-state index is 0. The van der Waals surface area contributed by atoms with E-state index < -0.39 is 11.7 Å². The molecule has 0 aliphatic carbocycles. The molecule has 0 atom stereocenters. The second kappa shape index (κ2) is 11.2. The molecule has 3 rings (SSSR count). The lowest BCUT2D eigenvalue weighted by Gasteiger charge is -2.18. The SMILES string of the molecule is CN=C(NCCOc1ccc2c(c1)CCC(=O)N2)NCc1cccc(C(F)(F)F)c1.I. The molecule has 1 aliphatic rings. The number of nitrogens with one attached hydrogen (secondary N) is 3. The van der Waals surface area contributed by atoms with Gasteiger partial charge in [-0.25, -0.2) is 0 Å². The van der Waals surface area contributed by atoms with Gasteiger partial charge in [0.1, 0.15) is 12.4 Å². The first-order valence-corrected chi connectivity index (χ1v) is 9.51. The van der Waals surface area contributed by atoms with Crippen LogP contribution in [0.3, 0.4) is 0 Å². The van der Waals surface area contributed by atoms with E-state index in [0.29, 0.717) is 43.3 Å². The Morgan fingerprint density at radius 2 is 1.97 bits per heavy atom. The molecule has 2 aromatic rings. The van der Waals surface area contributed by atoms with Gasteiger partial charge in [-0.1, -0.05) is 12.1 Å². The molecular formula is C21H24F3IN4O2. The number of halogens is 4. The molecular weight excluding hydrogens is 524 g/mol. The van der Waals surface area contributed by atoms with Gasteiger partial charge in [-0.2, -0.15) is 13.2 Å². The summed E-state index contributed by atoms with van der Waals surface area (Å²) in [7, 11) is 1.58. The summed E-state index contributed by atoms with van der Waals surface area (Å²) < 4.78 is 44.1. The van der Waals surface area contributed by atoms with Gasteiger partial charge in [0, 0.05) is 25.7 Å². The lowest BCUT2D eigenvalue weighted by atomic mass is 10.0. The van der Waals surface area contributed by atoms with Gasteiger partial charge in [-0.3, -0.25) is 9.79 Å². The number of nitrogens with zero attached hydrogens (tertiary/aromatic N) is 1. The van der Waals surface area contributed by atoms with Gasteiger partial charge in [0.15, 0.2) is 5.96 Å². The number of aryl methyl sites for hydroxylation is 1. The van der Waals surface area contributed by atoms with Crippen LogP contribution in [0.25, 0.3) is 0 Å². The molecule has 3 N–H and O–H groups in total. The molecule has 168 valence electrons. The first kappa shape index (κ1) is 24.8. The van der Waals surface area contributed by atoms with E-state index >= 15 is 0 Å². The number of alkyl halides is 3. The Balaban J connectivity index is 0.00000341. The third kappa shape index (κ3) is 7.30. The zero-order chi connectivity index (χ0) is 21.6. The summed E-state index contributed by atoms with van der Waals surface area (Å²) in [5.74, 6) is 1.19. The molecule has 1 amide bonds. The molecule has 0 saturated heterocycles. The Bertz CT molecular complexity index is 935. The first-order chi connectivity index (χ1) is 14.3. The molecule has 0 bridgehead atoms. The van der Waals surface area contributed by atoms with Crippen molar-refractivity contribution in [2.75, 3.05) is 25.5 Å². The largest absolute Gasteiger partial charge is 0.492 e. The molecule has 0 saturated carbocycles. The van der Waals surface area contributed by atoms with E-state index in [4.69, 9.17) is 4.74 Å². The van der Waals surface area contributed by atoms with E-state index in [1.165, 1.54) is 6.07 Å². The standard InChI is InChI=1S/C21H23F3N4O2.HI/c1-25-20(27-13-14-3-2-4-16(11-14)21(22,23)24)26-9-10-30-17-6-7-18-15(12-17)5-8-19(29)28-18;/h2-4,6-7,11-12H,5,8-10,13H2,1H3,(H,28,29)(H2,25,26,27);1H. The Labute approximate surface area is 195 Å². The molecule has 1 heterocycles. The lowest BCUT2D eigenvalue weighted by molar-refractivity contribution is -0.137. The summed E-state index contributed by atoms with van der Waals surface area (Å²) in [5, 5.41) is 8.86. The summed E-state index contributed by atoms with van der Waals surface area (Å²) in [6, 6.07) is 10.7. The number of hydrogen-bond acceptors (Lipinski definition) is 3. The normalized spacial score (nSPS) is 13.5. The number of amides is 1. The van der Waals surface area contributed by atoms with Crippen molar-refractivity contribution >= 4 is 41.5 Å². The maximum absolute atomic E-state index is 12.8. The highest BCUT2D eigenvalue weighted by Crippen LogP contribution is 2.29. The van der Waals surface area contributed by atoms with Crippen molar-refractivity contribution in [1.29, 1.82) is 0 Å². The number of fused-ring (bicyclic) bond motifs is 1. The Hall–Kier alpha value is -2.50. The van der Waals surface area contributed by atoms with E-state index in [9.17, 15) is 18.0 Å². The predicted molar refractivity (Wildman–Crippen MR) is 124 cm³/mol. The molecule has 0 unspecified atom stereocenters. The molecule has 0 fully saturated rings. The highest BCUT2D eigenvalue weighted by molar-refractivity contribution is 14.0. The number of hydrogen-bond donors (Lipinski definition) is 3. The molecule has 2 aromatic carbocycles. The summed E-state index contributed by atoms with van der Waals surface area (Å²) in [6.45, 7) is 1.03. The topological polar surface area (TPSA) is 74.8 Å². The van der Waals surface area contributed by atoms with Crippen molar-refractivity contribution in [2.24, 2.45) is 4.99 Å². The quantitative estimate of drug-likeness (QED) is 0.221. The van der Waals surface area contributed by atoms with Crippen molar-refractivity contribution in [1.82, 2.24) is 10.6 Å². The van der Waals surface area contributed by atoms with Crippen LogP contribution in [0.4, 0.5) is 18.9 Å². The van der Waals surface area contributed by atoms with Crippen LogP contribution in [-0.4, -0.2) is 32.1 Å². The van der Waals surface area contributed by atoms with Crippen molar-refractivity contribution < 1.29 is 22.7 Å². The molecule has 0 aromatic heterocycles. The van der Waals surface area contributed by atoms with Gasteiger partial charge in [0.05, 0.1) is 12.1 Å². The second-order valence-corrected chi connectivity index (χ2v) is 6.77. The number of guanidine groups is 1. The van der Waals surface area contributed by atoms with Crippen LogP contribution in [-0.2, 0) is 23.9 Å². The highest BCUT2D eigenvalue weighted by atomic mass is 127. The minimum Gasteiger partial charge on any atom is -0.492 e. The van der Waals surface area contributed by atoms with Crippen molar-refractivity contribution in [2.45, 2.75) is 25.6 Å². The van der Waals surface area contributed by atoms with Crippen LogP contribution in [0.15, 0.2) is 47.5 Å². The van der Waals surface area contributed by atoms with Crippen LogP contribution in [0, 0.1) is 0 Å². The van der Waals surface area contributed by atoms with Crippen molar-refractivity contribution in [3.05, 3.63) is 59.2 Å². The van der Waals surface area contributed by atoms with E-state index in [0.717, 1.165) is 23.4 Å².